The molecule has 0 saturated carbocycles. The number of sulfonamides is 1. The molecule has 0 aliphatic carbocycles. The van der Waals surface area contributed by atoms with Crippen LogP contribution < -0.4 is 4.72 Å². The summed E-state index contributed by atoms with van der Waals surface area (Å²) in [5, 5.41) is 5.09. The third kappa shape index (κ3) is 4.29. The predicted molar refractivity (Wildman–Crippen MR) is 109 cm³/mol. The van der Waals surface area contributed by atoms with Crippen LogP contribution in [-0.4, -0.2) is 18.2 Å². The summed E-state index contributed by atoms with van der Waals surface area (Å²) in [6.45, 7) is 5.85. The highest BCUT2D eigenvalue weighted by atomic mass is 35.5. The number of halogens is 2. The zero-order chi connectivity index (χ0) is 19.8. The Labute approximate surface area is 169 Å². The molecule has 0 fully saturated rings. The quantitative estimate of drug-likeness (QED) is 0.630. The number of benzene rings is 2. The van der Waals surface area contributed by atoms with Gasteiger partial charge >= 0.3 is 0 Å². The molecule has 0 amide bonds. The van der Waals surface area contributed by atoms with E-state index in [1.807, 2.05) is 37.3 Å². The molecular formula is C19H19Cl2N3O2S. The normalized spacial score (nSPS) is 11.6. The van der Waals surface area contributed by atoms with Gasteiger partial charge < -0.3 is 0 Å². The van der Waals surface area contributed by atoms with Crippen molar-refractivity contribution in [2.45, 2.75) is 32.2 Å². The van der Waals surface area contributed by atoms with Gasteiger partial charge in [0.2, 0.25) is 0 Å². The van der Waals surface area contributed by atoms with Crippen LogP contribution in [-0.2, 0) is 16.6 Å². The Kier molecular flexibility index (Phi) is 5.51. The second kappa shape index (κ2) is 7.54. The number of aryl methyl sites for hydroxylation is 3. The van der Waals surface area contributed by atoms with Gasteiger partial charge in [0.1, 0.15) is 5.02 Å². The molecule has 3 aromatic rings. The molecule has 1 aromatic heterocycles. The fraction of sp³-hybridized carbons (Fsp3) is 0.211. The zero-order valence-electron chi connectivity index (χ0n) is 15.1. The molecule has 0 unspecified atom stereocenters. The number of rotatable bonds is 5. The van der Waals surface area contributed by atoms with E-state index in [0.717, 1.165) is 11.1 Å². The highest BCUT2D eigenvalue weighted by molar-refractivity contribution is 7.92. The zero-order valence-corrected chi connectivity index (χ0v) is 17.5. The van der Waals surface area contributed by atoms with Crippen LogP contribution in [0.15, 0.2) is 47.5 Å². The summed E-state index contributed by atoms with van der Waals surface area (Å²) >= 11 is 12.4. The minimum Gasteiger partial charge on any atom is -0.265 e. The number of hydrogen-bond donors (Lipinski definition) is 1. The van der Waals surface area contributed by atoms with E-state index in [2.05, 4.69) is 9.82 Å². The van der Waals surface area contributed by atoms with Gasteiger partial charge in [0, 0.05) is 11.2 Å². The van der Waals surface area contributed by atoms with Crippen LogP contribution in [0.2, 0.25) is 10.0 Å². The van der Waals surface area contributed by atoms with E-state index in [1.54, 1.807) is 30.8 Å². The highest BCUT2D eigenvalue weighted by Crippen LogP contribution is 2.27. The third-order valence-electron chi connectivity index (χ3n) is 4.11. The lowest BCUT2D eigenvalue weighted by atomic mass is 10.1. The Hall–Kier alpha value is -2.02. The summed E-state index contributed by atoms with van der Waals surface area (Å²) in [4.78, 5) is 0.241. The van der Waals surface area contributed by atoms with Crippen LogP contribution in [0.4, 0.5) is 5.82 Å². The molecule has 0 aliphatic rings. The average Bonchev–Trinajstić information content (AvgIpc) is 2.87. The van der Waals surface area contributed by atoms with Crippen molar-refractivity contribution in [2.24, 2.45) is 0 Å². The Morgan fingerprint density at radius 3 is 2.30 bits per heavy atom. The SMILES string of the molecule is Cc1cc(C)c(S(=O)(=O)Nc2nn(Cc3ccccc3Cl)cc2Cl)c(C)c1. The van der Waals surface area contributed by atoms with Crippen molar-refractivity contribution < 1.29 is 8.42 Å². The number of anilines is 1. The molecule has 1 heterocycles. The minimum absolute atomic E-state index is 0.0862. The van der Waals surface area contributed by atoms with Gasteiger partial charge in [-0.2, -0.15) is 5.10 Å². The molecule has 2 aromatic carbocycles. The summed E-state index contributed by atoms with van der Waals surface area (Å²) in [7, 11) is -3.82. The van der Waals surface area contributed by atoms with Crippen LogP contribution in [0.3, 0.4) is 0 Å². The first-order valence-electron chi connectivity index (χ1n) is 8.24. The van der Waals surface area contributed by atoms with Gasteiger partial charge in [0.05, 0.1) is 11.4 Å². The molecule has 0 atom stereocenters. The van der Waals surface area contributed by atoms with Crippen LogP contribution in [0.25, 0.3) is 0 Å². The summed E-state index contributed by atoms with van der Waals surface area (Å²) in [6, 6.07) is 11.0. The van der Waals surface area contributed by atoms with E-state index in [4.69, 9.17) is 23.2 Å². The van der Waals surface area contributed by atoms with Crippen LogP contribution >= 0.6 is 23.2 Å². The lowest BCUT2D eigenvalue weighted by Gasteiger charge is -2.12. The summed E-state index contributed by atoms with van der Waals surface area (Å²) in [6.07, 6.45) is 1.57. The minimum atomic E-state index is -3.82. The van der Waals surface area contributed by atoms with E-state index in [-0.39, 0.29) is 15.7 Å². The Morgan fingerprint density at radius 2 is 1.67 bits per heavy atom. The van der Waals surface area contributed by atoms with Crippen molar-refractivity contribution in [1.82, 2.24) is 9.78 Å². The standard InChI is InChI=1S/C19H19Cl2N3O2S/c1-12-8-13(2)18(14(3)9-12)27(25,26)23-19-17(21)11-24(22-19)10-15-6-4-5-7-16(15)20/h4-9,11H,10H2,1-3H3,(H,22,23). The number of aromatic nitrogens is 2. The molecule has 0 radical (unpaired) electrons. The van der Waals surface area contributed by atoms with E-state index in [9.17, 15) is 8.42 Å². The number of nitrogens with one attached hydrogen (secondary N) is 1. The number of nitrogens with zero attached hydrogens (tertiary/aromatic N) is 2. The van der Waals surface area contributed by atoms with Gasteiger partial charge in [-0.1, -0.05) is 59.1 Å². The fourth-order valence-electron chi connectivity index (χ4n) is 3.12. The van der Waals surface area contributed by atoms with Gasteiger partial charge in [0.25, 0.3) is 10.0 Å². The molecule has 142 valence electrons. The summed E-state index contributed by atoms with van der Waals surface area (Å²) in [5.74, 6) is 0.0862. The summed E-state index contributed by atoms with van der Waals surface area (Å²) < 4.78 is 29.8. The summed E-state index contributed by atoms with van der Waals surface area (Å²) in [5.41, 5.74) is 3.21. The van der Waals surface area contributed by atoms with Crippen LogP contribution in [0.1, 0.15) is 22.3 Å². The largest absolute Gasteiger partial charge is 0.265 e. The molecular weight excluding hydrogens is 405 g/mol. The second-order valence-corrected chi connectivity index (χ2v) is 8.88. The van der Waals surface area contributed by atoms with E-state index in [1.165, 1.54) is 0 Å². The van der Waals surface area contributed by atoms with Crippen LogP contribution in [0, 0.1) is 20.8 Å². The Bertz CT molecular complexity index is 1080. The predicted octanol–water partition coefficient (Wildman–Crippen LogP) is 4.96. The van der Waals surface area contributed by atoms with Crippen molar-refractivity contribution in [3.8, 4) is 0 Å². The van der Waals surface area contributed by atoms with E-state index in [0.29, 0.717) is 22.7 Å². The van der Waals surface area contributed by atoms with Crippen molar-refractivity contribution >= 4 is 39.0 Å². The highest BCUT2D eigenvalue weighted by Gasteiger charge is 2.22. The molecule has 27 heavy (non-hydrogen) atoms. The maximum Gasteiger partial charge on any atom is 0.263 e. The smallest absolute Gasteiger partial charge is 0.263 e. The van der Waals surface area contributed by atoms with Gasteiger partial charge in [-0.3, -0.25) is 9.40 Å². The van der Waals surface area contributed by atoms with Crippen molar-refractivity contribution in [3.05, 3.63) is 74.9 Å². The monoisotopic (exact) mass is 423 g/mol. The third-order valence-corrected chi connectivity index (χ3v) is 6.40. The molecule has 0 aliphatic heterocycles. The molecule has 3 rings (SSSR count). The molecule has 5 nitrogen and oxygen atoms in total. The maximum atomic E-state index is 12.9. The Balaban J connectivity index is 1.90. The molecule has 0 spiro atoms. The fourth-order valence-corrected chi connectivity index (χ4v) is 5.04. The average molecular weight is 424 g/mol. The first-order valence-corrected chi connectivity index (χ1v) is 10.5. The first kappa shape index (κ1) is 19.7. The van der Waals surface area contributed by atoms with Crippen molar-refractivity contribution in [3.63, 3.8) is 0 Å². The van der Waals surface area contributed by atoms with Gasteiger partial charge in [0.15, 0.2) is 5.82 Å². The number of hydrogen-bond acceptors (Lipinski definition) is 3. The molecule has 1 N–H and O–H groups in total. The molecule has 0 saturated heterocycles. The molecule has 8 heteroatoms. The van der Waals surface area contributed by atoms with Crippen molar-refractivity contribution in [2.75, 3.05) is 4.72 Å². The van der Waals surface area contributed by atoms with Crippen molar-refractivity contribution in [1.29, 1.82) is 0 Å². The lowest BCUT2D eigenvalue weighted by molar-refractivity contribution is 0.599. The maximum absolute atomic E-state index is 12.9. The van der Waals surface area contributed by atoms with Gasteiger partial charge in [-0.15, -0.1) is 0 Å². The first-order chi connectivity index (χ1) is 12.7. The Morgan fingerprint density at radius 1 is 1.04 bits per heavy atom. The van der Waals surface area contributed by atoms with Crippen LogP contribution in [0.5, 0.6) is 0 Å². The second-order valence-electron chi connectivity index (χ2n) is 6.45. The van der Waals surface area contributed by atoms with E-state index >= 15 is 0 Å². The molecule has 0 bridgehead atoms. The van der Waals surface area contributed by atoms with Gasteiger partial charge in [-0.25, -0.2) is 8.42 Å². The lowest BCUT2D eigenvalue weighted by Crippen LogP contribution is -2.17. The topological polar surface area (TPSA) is 64.0 Å². The van der Waals surface area contributed by atoms with Gasteiger partial charge in [-0.05, 0) is 43.5 Å². The van der Waals surface area contributed by atoms with E-state index < -0.39 is 10.0 Å².